The molecule has 1 aliphatic heterocycles. The third kappa shape index (κ3) is 3.66. The zero-order valence-corrected chi connectivity index (χ0v) is 12.3. The quantitative estimate of drug-likeness (QED) is 0.655. The summed E-state index contributed by atoms with van der Waals surface area (Å²) in [5.74, 6) is -0.213. The largest absolute Gasteiger partial charge is 0.468 e. The Labute approximate surface area is 120 Å². The lowest BCUT2D eigenvalue weighted by Crippen LogP contribution is -2.31. The fourth-order valence-corrected chi connectivity index (χ4v) is 2.60. The Hall–Kier alpha value is -0.660. The summed E-state index contributed by atoms with van der Waals surface area (Å²) in [6, 6.07) is 7.98. The van der Waals surface area contributed by atoms with Gasteiger partial charge in [0.25, 0.3) is 0 Å². The van der Waals surface area contributed by atoms with Crippen molar-refractivity contribution in [2.45, 2.75) is 25.2 Å². The van der Waals surface area contributed by atoms with E-state index in [1.807, 2.05) is 12.1 Å². The van der Waals surface area contributed by atoms with Gasteiger partial charge in [0, 0.05) is 16.5 Å². The number of esters is 1. The first-order valence-electron chi connectivity index (χ1n) is 5.86. The first kappa shape index (κ1) is 13.8. The van der Waals surface area contributed by atoms with Crippen molar-refractivity contribution in [1.82, 2.24) is 5.32 Å². The van der Waals surface area contributed by atoms with Crippen molar-refractivity contribution < 1.29 is 14.3 Å². The van der Waals surface area contributed by atoms with E-state index in [0.717, 1.165) is 5.56 Å². The van der Waals surface area contributed by atoms with Crippen LogP contribution < -0.4 is 5.32 Å². The molecule has 1 N–H and O–H groups in total. The minimum Gasteiger partial charge on any atom is -0.468 e. The molecule has 1 aromatic carbocycles. The second-order valence-corrected chi connectivity index (χ2v) is 5.53. The molecule has 2 rings (SSSR count). The Morgan fingerprint density at radius 2 is 2.39 bits per heavy atom. The molecular formula is C13H16INO3. The van der Waals surface area contributed by atoms with E-state index in [0.29, 0.717) is 19.6 Å². The van der Waals surface area contributed by atoms with Gasteiger partial charge in [-0.1, -0.05) is 12.1 Å². The maximum Gasteiger partial charge on any atom is 0.322 e. The number of methoxy groups -OCH3 is 1. The number of hydrogen-bond acceptors (Lipinski definition) is 4. The summed E-state index contributed by atoms with van der Waals surface area (Å²) in [7, 11) is 1.41. The first-order valence-corrected chi connectivity index (χ1v) is 6.94. The molecule has 5 heteroatoms. The van der Waals surface area contributed by atoms with Crippen molar-refractivity contribution in [3.63, 3.8) is 0 Å². The van der Waals surface area contributed by atoms with Crippen molar-refractivity contribution >= 4 is 28.6 Å². The second kappa shape index (κ2) is 6.49. The van der Waals surface area contributed by atoms with E-state index in [2.05, 4.69) is 40.0 Å². The molecule has 0 amide bonds. The first-order chi connectivity index (χ1) is 8.69. The van der Waals surface area contributed by atoms with Gasteiger partial charge in [-0.2, -0.15) is 0 Å². The highest BCUT2D eigenvalue weighted by Crippen LogP contribution is 2.15. The zero-order chi connectivity index (χ0) is 13.0. The Bertz CT molecular complexity index is 424. The lowest BCUT2D eigenvalue weighted by Gasteiger charge is -2.11. The number of carbonyl (C=O) groups excluding carboxylic acids is 1. The van der Waals surface area contributed by atoms with E-state index in [-0.39, 0.29) is 18.1 Å². The summed E-state index contributed by atoms with van der Waals surface area (Å²) < 4.78 is 11.7. The highest BCUT2D eigenvalue weighted by atomic mass is 127. The van der Waals surface area contributed by atoms with Crippen LogP contribution in [0.5, 0.6) is 0 Å². The molecule has 2 atom stereocenters. The Balaban J connectivity index is 1.80. The van der Waals surface area contributed by atoms with Gasteiger partial charge in [-0.3, -0.25) is 4.79 Å². The molecule has 1 aromatic rings. The van der Waals surface area contributed by atoms with Crippen LogP contribution in [0.3, 0.4) is 0 Å². The van der Waals surface area contributed by atoms with Crippen molar-refractivity contribution in [3.8, 4) is 0 Å². The molecule has 0 aromatic heterocycles. The van der Waals surface area contributed by atoms with Crippen LogP contribution in [-0.2, 0) is 20.9 Å². The van der Waals surface area contributed by atoms with E-state index in [9.17, 15) is 4.79 Å². The Morgan fingerprint density at radius 3 is 3.11 bits per heavy atom. The van der Waals surface area contributed by atoms with Gasteiger partial charge < -0.3 is 14.8 Å². The summed E-state index contributed by atoms with van der Waals surface area (Å²) >= 11 is 2.28. The van der Waals surface area contributed by atoms with Gasteiger partial charge in [-0.05, 0) is 40.3 Å². The van der Waals surface area contributed by atoms with Crippen LogP contribution in [0.4, 0.5) is 0 Å². The normalized spacial score (nSPS) is 23.0. The molecule has 0 aliphatic carbocycles. The van der Waals surface area contributed by atoms with E-state index in [1.54, 1.807) is 0 Å². The van der Waals surface area contributed by atoms with Crippen LogP contribution >= 0.6 is 22.6 Å². The number of benzene rings is 1. The maximum atomic E-state index is 11.3. The second-order valence-electron chi connectivity index (χ2n) is 4.28. The topological polar surface area (TPSA) is 47.6 Å². The minimum absolute atomic E-state index is 0.0759. The number of carbonyl (C=O) groups is 1. The highest BCUT2D eigenvalue weighted by molar-refractivity contribution is 14.1. The average Bonchev–Trinajstić information content (AvgIpc) is 2.84. The predicted molar refractivity (Wildman–Crippen MR) is 76.2 cm³/mol. The Kier molecular flexibility index (Phi) is 4.96. The fraction of sp³-hybridized carbons (Fsp3) is 0.462. The van der Waals surface area contributed by atoms with E-state index < -0.39 is 0 Å². The van der Waals surface area contributed by atoms with E-state index in [4.69, 9.17) is 9.47 Å². The molecule has 98 valence electrons. The summed E-state index contributed by atoms with van der Waals surface area (Å²) in [5.41, 5.74) is 1.16. The molecule has 4 nitrogen and oxygen atoms in total. The van der Waals surface area contributed by atoms with Crippen LogP contribution in [0.2, 0.25) is 0 Å². The molecule has 1 aliphatic rings. The van der Waals surface area contributed by atoms with Crippen molar-refractivity contribution in [1.29, 1.82) is 0 Å². The summed E-state index contributed by atoms with van der Waals surface area (Å²) in [4.78, 5) is 11.3. The lowest BCUT2D eigenvalue weighted by atomic mass is 10.2. The number of ether oxygens (including phenoxy) is 2. The molecule has 0 saturated carbocycles. The van der Waals surface area contributed by atoms with Gasteiger partial charge in [-0.25, -0.2) is 0 Å². The third-order valence-corrected chi connectivity index (χ3v) is 3.62. The number of rotatable bonds is 4. The van der Waals surface area contributed by atoms with Gasteiger partial charge in [0.15, 0.2) is 0 Å². The SMILES string of the molecule is COC(=O)[C@@H]1C[C@@H](OCc2cccc(I)c2)CN1. The van der Waals surface area contributed by atoms with Gasteiger partial charge >= 0.3 is 5.97 Å². The minimum atomic E-state index is -0.226. The zero-order valence-electron chi connectivity index (χ0n) is 10.2. The number of hydrogen-bond donors (Lipinski definition) is 1. The summed E-state index contributed by atoms with van der Waals surface area (Å²) in [6.45, 7) is 1.28. The van der Waals surface area contributed by atoms with Gasteiger partial charge in [-0.15, -0.1) is 0 Å². The smallest absolute Gasteiger partial charge is 0.322 e. The fourth-order valence-electron chi connectivity index (χ4n) is 1.99. The van der Waals surface area contributed by atoms with Gasteiger partial charge in [0.2, 0.25) is 0 Å². The van der Waals surface area contributed by atoms with Crippen molar-refractivity contribution in [2.75, 3.05) is 13.7 Å². The van der Waals surface area contributed by atoms with Crippen molar-refractivity contribution in [3.05, 3.63) is 33.4 Å². The standard InChI is InChI=1S/C13H16INO3/c1-17-13(16)12-6-11(7-15-12)18-8-9-3-2-4-10(14)5-9/h2-5,11-12,15H,6-8H2,1H3/t11-,12+/m1/s1. The van der Waals surface area contributed by atoms with Crippen molar-refractivity contribution in [2.24, 2.45) is 0 Å². The average molecular weight is 361 g/mol. The summed E-state index contributed by atoms with van der Waals surface area (Å²) in [6.07, 6.45) is 0.753. The number of halogens is 1. The van der Waals surface area contributed by atoms with Crippen LogP contribution in [0.25, 0.3) is 0 Å². The monoisotopic (exact) mass is 361 g/mol. The molecule has 18 heavy (non-hydrogen) atoms. The molecule has 0 unspecified atom stereocenters. The van der Waals surface area contributed by atoms with E-state index in [1.165, 1.54) is 10.7 Å². The predicted octanol–water partition coefficient (Wildman–Crippen LogP) is 1.71. The van der Waals surface area contributed by atoms with Crippen LogP contribution in [-0.4, -0.2) is 31.8 Å². The molecule has 0 bridgehead atoms. The molecule has 0 spiro atoms. The Morgan fingerprint density at radius 1 is 1.56 bits per heavy atom. The van der Waals surface area contributed by atoms with Crippen LogP contribution in [0.15, 0.2) is 24.3 Å². The molecule has 1 saturated heterocycles. The van der Waals surface area contributed by atoms with Gasteiger partial charge in [0.05, 0.1) is 19.8 Å². The highest BCUT2D eigenvalue weighted by Gasteiger charge is 2.30. The maximum absolute atomic E-state index is 11.3. The lowest BCUT2D eigenvalue weighted by molar-refractivity contribution is -0.142. The van der Waals surface area contributed by atoms with E-state index >= 15 is 0 Å². The van der Waals surface area contributed by atoms with Crippen LogP contribution in [0.1, 0.15) is 12.0 Å². The summed E-state index contributed by atoms with van der Waals surface area (Å²) in [5, 5.41) is 3.10. The third-order valence-electron chi connectivity index (χ3n) is 2.95. The van der Waals surface area contributed by atoms with Crippen LogP contribution in [0, 0.1) is 3.57 Å². The molecule has 0 radical (unpaired) electrons. The molecular weight excluding hydrogens is 345 g/mol. The molecule has 1 fully saturated rings. The molecule has 1 heterocycles. The number of nitrogens with one attached hydrogen (secondary N) is 1. The van der Waals surface area contributed by atoms with Gasteiger partial charge in [0.1, 0.15) is 6.04 Å².